The molecule has 210 valence electrons. The van der Waals surface area contributed by atoms with E-state index in [-0.39, 0.29) is 13.2 Å². The number of para-hydroxylation sites is 1. The molecular formula is C32H37N3O5. The number of hydrogen-bond acceptors (Lipinski definition) is 7. The Morgan fingerprint density at radius 1 is 0.900 bits per heavy atom. The van der Waals surface area contributed by atoms with Crippen LogP contribution in [0.4, 0.5) is 0 Å². The Kier molecular flexibility index (Phi) is 9.09. The summed E-state index contributed by atoms with van der Waals surface area (Å²) in [6.07, 6.45) is 2.80. The van der Waals surface area contributed by atoms with Gasteiger partial charge in [-0.2, -0.15) is 5.10 Å². The second-order valence-electron chi connectivity index (χ2n) is 9.61. The van der Waals surface area contributed by atoms with E-state index in [2.05, 4.69) is 12.2 Å². The second kappa shape index (κ2) is 12.7. The fourth-order valence-corrected chi connectivity index (χ4v) is 5.00. The van der Waals surface area contributed by atoms with Gasteiger partial charge >= 0.3 is 11.9 Å². The van der Waals surface area contributed by atoms with Crippen LogP contribution in [0.2, 0.25) is 0 Å². The highest BCUT2D eigenvalue weighted by molar-refractivity contribution is 6.00. The van der Waals surface area contributed by atoms with Crippen molar-refractivity contribution in [3.05, 3.63) is 88.4 Å². The van der Waals surface area contributed by atoms with Gasteiger partial charge in [0.2, 0.25) is 0 Å². The molecule has 1 aliphatic rings. The number of carbonyl (C=O) groups excluding carboxylic acids is 2. The Balaban J connectivity index is 1.99. The molecule has 1 N–H and O–H groups in total. The third-order valence-electron chi connectivity index (χ3n) is 6.75. The highest BCUT2D eigenvalue weighted by Crippen LogP contribution is 2.44. The summed E-state index contributed by atoms with van der Waals surface area (Å²) in [6.45, 7) is 12.3. The van der Waals surface area contributed by atoms with Crippen LogP contribution in [0.5, 0.6) is 5.75 Å². The first-order valence-electron chi connectivity index (χ1n) is 13.7. The van der Waals surface area contributed by atoms with Gasteiger partial charge in [0.15, 0.2) is 0 Å². The summed E-state index contributed by atoms with van der Waals surface area (Å²) in [5.41, 5.74) is 5.96. The quantitative estimate of drug-likeness (QED) is 0.314. The van der Waals surface area contributed by atoms with Gasteiger partial charge in [-0.1, -0.05) is 25.1 Å². The largest absolute Gasteiger partial charge is 0.494 e. The number of allylic oxidation sites excluding steroid dienone is 2. The van der Waals surface area contributed by atoms with Gasteiger partial charge in [0.1, 0.15) is 5.75 Å². The van der Waals surface area contributed by atoms with E-state index >= 15 is 0 Å². The van der Waals surface area contributed by atoms with Gasteiger partial charge in [0, 0.05) is 28.7 Å². The number of aryl methyl sites for hydroxylation is 1. The summed E-state index contributed by atoms with van der Waals surface area (Å²) in [6, 6.07) is 15.6. The van der Waals surface area contributed by atoms with Crippen LogP contribution in [0.15, 0.2) is 77.3 Å². The van der Waals surface area contributed by atoms with Gasteiger partial charge < -0.3 is 19.5 Å². The SMILES string of the molecule is CCCOc1ccc(-c2nn(-c3ccccc3)cc2C2C(C(=O)OCC)=C(C)NC(C)=C2C(=O)OCC)c(C)c1. The van der Waals surface area contributed by atoms with Crippen LogP contribution >= 0.6 is 0 Å². The number of esters is 2. The molecule has 0 amide bonds. The normalized spacial score (nSPS) is 13.8. The number of dihydropyridines is 1. The molecule has 0 radical (unpaired) electrons. The zero-order valence-corrected chi connectivity index (χ0v) is 24.0. The Labute approximate surface area is 235 Å². The van der Waals surface area contributed by atoms with E-state index < -0.39 is 17.9 Å². The van der Waals surface area contributed by atoms with Crippen molar-refractivity contribution in [3.8, 4) is 22.7 Å². The molecule has 40 heavy (non-hydrogen) atoms. The van der Waals surface area contributed by atoms with Crippen LogP contribution < -0.4 is 10.1 Å². The first-order chi connectivity index (χ1) is 19.3. The van der Waals surface area contributed by atoms with Gasteiger partial charge in [0.25, 0.3) is 0 Å². The van der Waals surface area contributed by atoms with Crippen molar-refractivity contribution < 1.29 is 23.8 Å². The molecule has 4 rings (SSSR count). The molecule has 0 saturated carbocycles. The van der Waals surface area contributed by atoms with Crippen LogP contribution in [0.3, 0.4) is 0 Å². The molecule has 2 heterocycles. The maximum Gasteiger partial charge on any atom is 0.336 e. The topological polar surface area (TPSA) is 91.7 Å². The lowest BCUT2D eigenvalue weighted by Gasteiger charge is -2.30. The Morgan fingerprint density at radius 3 is 2.08 bits per heavy atom. The van der Waals surface area contributed by atoms with E-state index in [0.717, 1.165) is 29.0 Å². The molecule has 0 aliphatic carbocycles. The third kappa shape index (κ3) is 5.81. The Morgan fingerprint density at radius 2 is 1.52 bits per heavy atom. The lowest BCUT2D eigenvalue weighted by Crippen LogP contribution is -2.32. The maximum atomic E-state index is 13.4. The summed E-state index contributed by atoms with van der Waals surface area (Å²) in [4.78, 5) is 26.8. The van der Waals surface area contributed by atoms with E-state index in [0.29, 0.717) is 40.4 Å². The maximum absolute atomic E-state index is 13.4. The first-order valence-corrected chi connectivity index (χ1v) is 13.7. The predicted octanol–water partition coefficient (Wildman–Crippen LogP) is 6.00. The van der Waals surface area contributed by atoms with Gasteiger partial charge in [-0.15, -0.1) is 0 Å². The number of carbonyl (C=O) groups is 2. The van der Waals surface area contributed by atoms with Crippen molar-refractivity contribution in [2.24, 2.45) is 0 Å². The molecule has 0 saturated heterocycles. The number of ether oxygens (including phenoxy) is 3. The lowest BCUT2D eigenvalue weighted by molar-refractivity contribution is -0.139. The monoisotopic (exact) mass is 543 g/mol. The Bertz CT molecular complexity index is 1410. The van der Waals surface area contributed by atoms with Crippen LogP contribution in [0.25, 0.3) is 16.9 Å². The zero-order chi connectivity index (χ0) is 28.8. The molecule has 2 aromatic carbocycles. The summed E-state index contributed by atoms with van der Waals surface area (Å²) >= 11 is 0. The fraction of sp³-hybridized carbons (Fsp3) is 0.344. The van der Waals surface area contributed by atoms with E-state index in [9.17, 15) is 9.59 Å². The number of benzene rings is 2. The van der Waals surface area contributed by atoms with Crippen molar-refractivity contribution in [1.82, 2.24) is 15.1 Å². The standard InChI is InChI=1S/C32H37N3O5/c1-7-17-40-24-15-16-25(20(4)18-24)30-26(19-35(34-30)23-13-11-10-12-14-23)29-27(31(36)38-8-2)21(5)33-22(6)28(29)32(37)39-9-3/h10-16,18-19,29,33H,7-9,17H2,1-6H3. The van der Waals surface area contributed by atoms with Crippen molar-refractivity contribution in [3.63, 3.8) is 0 Å². The van der Waals surface area contributed by atoms with Crippen molar-refractivity contribution in [2.75, 3.05) is 19.8 Å². The molecule has 8 heteroatoms. The molecule has 8 nitrogen and oxygen atoms in total. The number of nitrogens with one attached hydrogen (secondary N) is 1. The van der Waals surface area contributed by atoms with E-state index in [1.807, 2.05) is 75.5 Å². The molecule has 3 aromatic rings. The molecule has 0 atom stereocenters. The molecular weight excluding hydrogens is 506 g/mol. The number of nitrogens with zero attached hydrogens (tertiary/aromatic N) is 2. The van der Waals surface area contributed by atoms with Gasteiger partial charge in [0.05, 0.1) is 48.3 Å². The highest BCUT2D eigenvalue weighted by Gasteiger charge is 2.40. The smallest absolute Gasteiger partial charge is 0.336 e. The minimum Gasteiger partial charge on any atom is -0.494 e. The summed E-state index contributed by atoms with van der Waals surface area (Å²) in [7, 11) is 0. The zero-order valence-electron chi connectivity index (χ0n) is 24.0. The summed E-state index contributed by atoms with van der Waals surface area (Å²) in [5.74, 6) is -0.974. The molecule has 0 spiro atoms. The fourth-order valence-electron chi connectivity index (χ4n) is 5.00. The van der Waals surface area contributed by atoms with Crippen LogP contribution in [0.1, 0.15) is 58.1 Å². The van der Waals surface area contributed by atoms with Crippen molar-refractivity contribution >= 4 is 11.9 Å². The highest BCUT2D eigenvalue weighted by atomic mass is 16.5. The molecule has 1 aromatic heterocycles. The third-order valence-corrected chi connectivity index (χ3v) is 6.75. The molecule has 1 aliphatic heterocycles. The second-order valence-corrected chi connectivity index (χ2v) is 9.61. The van der Waals surface area contributed by atoms with Crippen LogP contribution in [-0.2, 0) is 19.1 Å². The first kappa shape index (κ1) is 28.7. The van der Waals surface area contributed by atoms with Crippen molar-refractivity contribution in [1.29, 1.82) is 0 Å². The van der Waals surface area contributed by atoms with Crippen LogP contribution in [0, 0.1) is 6.92 Å². The predicted molar refractivity (Wildman–Crippen MR) is 154 cm³/mol. The van der Waals surface area contributed by atoms with Gasteiger partial charge in [-0.3, -0.25) is 0 Å². The van der Waals surface area contributed by atoms with E-state index in [1.54, 1.807) is 18.5 Å². The van der Waals surface area contributed by atoms with Gasteiger partial charge in [-0.05, 0) is 76.9 Å². The average molecular weight is 544 g/mol. The molecule has 0 unspecified atom stereocenters. The number of aromatic nitrogens is 2. The summed E-state index contributed by atoms with van der Waals surface area (Å²) in [5, 5.41) is 8.22. The van der Waals surface area contributed by atoms with E-state index in [4.69, 9.17) is 19.3 Å². The molecule has 0 bridgehead atoms. The minimum absolute atomic E-state index is 0.203. The number of hydrogen-bond donors (Lipinski definition) is 1. The van der Waals surface area contributed by atoms with E-state index in [1.165, 1.54) is 0 Å². The Hall–Kier alpha value is -4.33. The van der Waals surface area contributed by atoms with Gasteiger partial charge in [-0.25, -0.2) is 14.3 Å². The minimum atomic E-state index is -0.762. The average Bonchev–Trinajstić information content (AvgIpc) is 3.37. The summed E-state index contributed by atoms with van der Waals surface area (Å²) < 4.78 is 18.6. The molecule has 0 fully saturated rings. The number of rotatable bonds is 10. The van der Waals surface area contributed by atoms with Crippen LogP contribution in [-0.4, -0.2) is 41.5 Å². The van der Waals surface area contributed by atoms with Crippen molar-refractivity contribution in [2.45, 2.75) is 53.9 Å². The lowest BCUT2D eigenvalue weighted by atomic mass is 9.79.